The van der Waals surface area contributed by atoms with Gasteiger partial charge in [0.1, 0.15) is 5.69 Å². The Bertz CT molecular complexity index is 672. The Labute approximate surface area is 131 Å². The zero-order valence-electron chi connectivity index (χ0n) is 11.6. The maximum atomic E-state index is 11.8. The van der Waals surface area contributed by atoms with Crippen LogP contribution in [0.1, 0.15) is 16.1 Å². The molecule has 1 amide bonds. The highest BCUT2D eigenvalue weighted by molar-refractivity contribution is 9.10. The lowest BCUT2D eigenvalue weighted by molar-refractivity contribution is 0.0953. The predicted octanol–water partition coefficient (Wildman–Crippen LogP) is 3.21. The van der Waals surface area contributed by atoms with Gasteiger partial charge in [0, 0.05) is 22.9 Å². The Kier molecular flexibility index (Phi) is 5.05. The third-order valence-electron chi connectivity index (χ3n) is 2.71. The molecule has 1 aromatic heterocycles. The summed E-state index contributed by atoms with van der Waals surface area (Å²) in [5, 5.41) is 5.76. The van der Waals surface area contributed by atoms with Gasteiger partial charge in [0.25, 0.3) is 5.91 Å². The van der Waals surface area contributed by atoms with Gasteiger partial charge in [-0.3, -0.25) is 4.79 Å². The summed E-state index contributed by atoms with van der Waals surface area (Å²) < 4.78 is 1.03. The topological polar surface area (TPSA) is 66.9 Å². The second-order valence-corrected chi connectivity index (χ2v) is 5.21. The number of aromatic nitrogens is 2. The van der Waals surface area contributed by atoms with E-state index in [1.54, 1.807) is 18.3 Å². The molecule has 0 aliphatic heterocycles. The number of hydrogen-bond acceptors (Lipinski definition) is 4. The van der Waals surface area contributed by atoms with Crippen molar-refractivity contribution in [2.24, 2.45) is 0 Å². The molecule has 21 heavy (non-hydrogen) atoms. The van der Waals surface area contributed by atoms with Crippen LogP contribution in [-0.4, -0.2) is 22.4 Å². The molecule has 0 bridgehead atoms. The molecule has 0 aliphatic carbocycles. The van der Waals surface area contributed by atoms with Crippen LogP contribution in [0.25, 0.3) is 0 Å². The van der Waals surface area contributed by atoms with Crippen molar-refractivity contribution >= 4 is 33.5 Å². The van der Waals surface area contributed by atoms with E-state index in [4.69, 9.17) is 0 Å². The Morgan fingerprint density at radius 3 is 2.95 bits per heavy atom. The second-order valence-electron chi connectivity index (χ2n) is 4.35. The van der Waals surface area contributed by atoms with Crippen LogP contribution < -0.4 is 10.6 Å². The van der Waals surface area contributed by atoms with E-state index in [0.717, 1.165) is 15.7 Å². The van der Waals surface area contributed by atoms with Crippen LogP contribution in [-0.2, 0) is 0 Å². The van der Waals surface area contributed by atoms with Gasteiger partial charge in [0.2, 0.25) is 5.95 Å². The van der Waals surface area contributed by atoms with Gasteiger partial charge in [-0.2, -0.15) is 0 Å². The smallest absolute Gasteiger partial charge is 0.270 e. The average Bonchev–Trinajstić information content (AvgIpc) is 2.49. The fraction of sp³-hybridized carbons (Fsp3) is 0.133. The molecule has 6 heteroatoms. The van der Waals surface area contributed by atoms with Crippen molar-refractivity contribution in [3.63, 3.8) is 0 Å². The molecule has 0 aliphatic rings. The van der Waals surface area contributed by atoms with Gasteiger partial charge in [0.05, 0.1) is 0 Å². The number of carbonyl (C=O) groups is 1. The molecular weight excluding hydrogens is 332 g/mol. The molecule has 2 rings (SSSR count). The number of halogens is 1. The summed E-state index contributed by atoms with van der Waals surface area (Å²) in [7, 11) is 0. The average molecular weight is 347 g/mol. The number of anilines is 2. The summed E-state index contributed by atoms with van der Waals surface area (Å²) in [5.41, 5.74) is 2.27. The molecular formula is C15H15BrN4O. The number of nitrogens with zero attached hydrogens (tertiary/aromatic N) is 2. The number of rotatable bonds is 5. The molecule has 1 heterocycles. The lowest BCUT2D eigenvalue weighted by atomic mass is 10.2. The van der Waals surface area contributed by atoms with Crippen LogP contribution in [0.5, 0.6) is 0 Å². The van der Waals surface area contributed by atoms with Gasteiger partial charge in [-0.15, -0.1) is 6.58 Å². The Morgan fingerprint density at radius 2 is 2.24 bits per heavy atom. The number of hydrogen-bond donors (Lipinski definition) is 2. The van der Waals surface area contributed by atoms with Crippen molar-refractivity contribution in [2.45, 2.75) is 6.92 Å². The molecule has 1 aromatic carbocycles. The minimum absolute atomic E-state index is 0.257. The van der Waals surface area contributed by atoms with Crippen molar-refractivity contribution in [3.05, 3.63) is 58.8 Å². The molecule has 0 fully saturated rings. The maximum absolute atomic E-state index is 11.8. The van der Waals surface area contributed by atoms with E-state index in [1.807, 2.05) is 25.1 Å². The zero-order valence-corrected chi connectivity index (χ0v) is 13.1. The van der Waals surface area contributed by atoms with E-state index >= 15 is 0 Å². The van der Waals surface area contributed by atoms with E-state index in [0.29, 0.717) is 18.2 Å². The van der Waals surface area contributed by atoms with Gasteiger partial charge >= 0.3 is 0 Å². The molecule has 0 saturated heterocycles. The van der Waals surface area contributed by atoms with Crippen molar-refractivity contribution in [1.29, 1.82) is 0 Å². The molecule has 0 radical (unpaired) electrons. The van der Waals surface area contributed by atoms with E-state index in [1.165, 1.54) is 0 Å². The van der Waals surface area contributed by atoms with Gasteiger partial charge in [-0.05, 0) is 36.8 Å². The van der Waals surface area contributed by atoms with Gasteiger partial charge < -0.3 is 10.6 Å². The van der Waals surface area contributed by atoms with E-state index in [2.05, 4.69) is 43.1 Å². The SMILES string of the molecule is C=CCNC(=O)c1ccnc(Nc2ccc(Br)c(C)c2)n1. The molecule has 0 saturated carbocycles. The first kappa shape index (κ1) is 15.2. The van der Waals surface area contributed by atoms with Gasteiger partial charge in [-0.25, -0.2) is 9.97 Å². The molecule has 0 unspecified atom stereocenters. The number of aryl methyl sites for hydroxylation is 1. The van der Waals surface area contributed by atoms with Gasteiger partial charge in [0.15, 0.2) is 0 Å². The maximum Gasteiger partial charge on any atom is 0.270 e. The fourth-order valence-corrected chi connectivity index (χ4v) is 1.90. The van der Waals surface area contributed by atoms with Crippen LogP contribution in [0.4, 0.5) is 11.6 Å². The van der Waals surface area contributed by atoms with E-state index in [-0.39, 0.29) is 5.91 Å². The van der Waals surface area contributed by atoms with Crippen LogP contribution >= 0.6 is 15.9 Å². The normalized spacial score (nSPS) is 10.0. The lowest BCUT2D eigenvalue weighted by Crippen LogP contribution is -2.24. The highest BCUT2D eigenvalue weighted by Crippen LogP contribution is 2.21. The first-order valence-electron chi connectivity index (χ1n) is 6.35. The van der Waals surface area contributed by atoms with Crippen LogP contribution in [0.15, 0.2) is 47.6 Å². The van der Waals surface area contributed by atoms with Crippen molar-refractivity contribution in [3.8, 4) is 0 Å². The molecule has 0 spiro atoms. The third-order valence-corrected chi connectivity index (χ3v) is 3.60. The monoisotopic (exact) mass is 346 g/mol. The largest absolute Gasteiger partial charge is 0.347 e. The van der Waals surface area contributed by atoms with E-state index < -0.39 is 0 Å². The summed E-state index contributed by atoms with van der Waals surface area (Å²) >= 11 is 3.45. The first-order valence-corrected chi connectivity index (χ1v) is 7.15. The number of benzene rings is 1. The zero-order chi connectivity index (χ0) is 15.2. The summed E-state index contributed by atoms with van der Waals surface area (Å²) in [6.45, 7) is 5.95. The molecule has 2 aromatic rings. The predicted molar refractivity (Wildman–Crippen MR) is 86.7 cm³/mol. The Hall–Kier alpha value is -2.21. The molecule has 5 nitrogen and oxygen atoms in total. The number of carbonyl (C=O) groups excluding carboxylic acids is 1. The molecule has 108 valence electrons. The van der Waals surface area contributed by atoms with E-state index in [9.17, 15) is 4.79 Å². The highest BCUT2D eigenvalue weighted by Gasteiger charge is 2.08. The number of nitrogens with one attached hydrogen (secondary N) is 2. The quantitative estimate of drug-likeness (QED) is 0.815. The minimum Gasteiger partial charge on any atom is -0.347 e. The minimum atomic E-state index is -0.257. The van der Waals surface area contributed by atoms with Crippen molar-refractivity contribution in [1.82, 2.24) is 15.3 Å². The third kappa shape index (κ3) is 4.13. The summed E-state index contributed by atoms with van der Waals surface area (Å²) in [4.78, 5) is 20.1. The second kappa shape index (κ2) is 6.99. The summed E-state index contributed by atoms with van der Waals surface area (Å²) in [6.07, 6.45) is 3.16. The standard InChI is InChI=1S/C15H15BrN4O/c1-3-7-17-14(21)13-6-8-18-15(20-13)19-11-4-5-12(16)10(2)9-11/h3-6,8-9H,1,7H2,2H3,(H,17,21)(H,18,19,20). The van der Waals surface area contributed by atoms with Crippen LogP contribution in [0.3, 0.4) is 0 Å². The first-order chi connectivity index (χ1) is 10.1. The summed E-state index contributed by atoms with van der Waals surface area (Å²) in [5.74, 6) is 0.121. The Balaban J connectivity index is 2.15. The van der Waals surface area contributed by atoms with Crippen molar-refractivity contribution < 1.29 is 4.79 Å². The fourth-order valence-electron chi connectivity index (χ4n) is 1.65. The number of amides is 1. The summed E-state index contributed by atoms with van der Waals surface area (Å²) in [6, 6.07) is 7.39. The van der Waals surface area contributed by atoms with Crippen LogP contribution in [0, 0.1) is 6.92 Å². The van der Waals surface area contributed by atoms with Crippen molar-refractivity contribution in [2.75, 3.05) is 11.9 Å². The van der Waals surface area contributed by atoms with Crippen LogP contribution in [0.2, 0.25) is 0 Å². The molecule has 0 atom stereocenters. The highest BCUT2D eigenvalue weighted by atomic mass is 79.9. The molecule has 2 N–H and O–H groups in total. The lowest BCUT2D eigenvalue weighted by Gasteiger charge is -2.08. The Morgan fingerprint density at radius 1 is 1.43 bits per heavy atom. The van der Waals surface area contributed by atoms with Gasteiger partial charge in [-0.1, -0.05) is 22.0 Å².